The van der Waals surface area contributed by atoms with E-state index in [4.69, 9.17) is 4.74 Å². The Morgan fingerprint density at radius 2 is 1.40 bits per heavy atom. The highest BCUT2D eigenvalue weighted by Crippen LogP contribution is 2.10. The minimum atomic E-state index is -0.551. The molecule has 0 aliphatic heterocycles. The van der Waals surface area contributed by atoms with E-state index in [-0.39, 0.29) is 42.0 Å². The number of ketones is 2. The van der Waals surface area contributed by atoms with E-state index >= 15 is 0 Å². The third-order valence-corrected chi connectivity index (χ3v) is 3.82. The Kier molecular flexibility index (Phi) is 10.8. The van der Waals surface area contributed by atoms with E-state index in [1.54, 1.807) is 6.92 Å². The zero-order valence-corrected chi connectivity index (χ0v) is 17.0. The fourth-order valence-corrected chi connectivity index (χ4v) is 2.65. The molecule has 146 valence electrons. The molecule has 0 heterocycles. The summed E-state index contributed by atoms with van der Waals surface area (Å²) in [7, 11) is 0. The Hall–Kier alpha value is -1.27. The van der Waals surface area contributed by atoms with Crippen LogP contribution in [0.25, 0.3) is 0 Å². The Labute approximate surface area is 152 Å². The van der Waals surface area contributed by atoms with Gasteiger partial charge in [0.15, 0.2) is 5.78 Å². The Morgan fingerprint density at radius 3 is 1.80 bits per heavy atom. The van der Waals surface area contributed by atoms with Crippen LogP contribution in [0.1, 0.15) is 68.2 Å². The Bertz CT molecular complexity index is 447. The molecule has 6 heteroatoms. The number of rotatable bonds is 12. The SMILES string of the molecule is CC(=O)[C@@H](NC(C)C)C(C)OC(=O)CCC(NC(C)C)C(=O)C(C)C. The third-order valence-electron chi connectivity index (χ3n) is 3.82. The highest BCUT2D eigenvalue weighted by Gasteiger charge is 2.27. The molecule has 3 atom stereocenters. The van der Waals surface area contributed by atoms with Gasteiger partial charge in [0.2, 0.25) is 0 Å². The lowest BCUT2D eigenvalue weighted by atomic mass is 9.97. The predicted octanol–water partition coefficient (Wildman–Crippen LogP) is 2.25. The third kappa shape index (κ3) is 9.70. The van der Waals surface area contributed by atoms with Crippen LogP contribution in [0, 0.1) is 5.92 Å². The van der Waals surface area contributed by atoms with Crippen LogP contribution in [0.5, 0.6) is 0 Å². The van der Waals surface area contributed by atoms with Gasteiger partial charge in [-0.3, -0.25) is 14.4 Å². The Morgan fingerprint density at radius 1 is 0.880 bits per heavy atom. The second kappa shape index (κ2) is 11.4. The largest absolute Gasteiger partial charge is 0.461 e. The van der Waals surface area contributed by atoms with E-state index in [0.29, 0.717) is 6.42 Å². The molecule has 0 aliphatic carbocycles. The average molecular weight is 357 g/mol. The number of carbonyl (C=O) groups excluding carboxylic acids is 3. The summed E-state index contributed by atoms with van der Waals surface area (Å²) in [6, 6.07) is -0.621. The summed E-state index contributed by atoms with van der Waals surface area (Å²) >= 11 is 0. The van der Waals surface area contributed by atoms with Crippen molar-refractivity contribution in [2.45, 2.75) is 98.5 Å². The Balaban J connectivity index is 4.69. The number of ether oxygens (including phenoxy) is 1. The highest BCUT2D eigenvalue weighted by atomic mass is 16.5. The minimum Gasteiger partial charge on any atom is -0.461 e. The molecule has 25 heavy (non-hydrogen) atoms. The van der Waals surface area contributed by atoms with Crippen molar-refractivity contribution in [1.29, 1.82) is 0 Å². The van der Waals surface area contributed by atoms with Crippen LogP contribution < -0.4 is 10.6 Å². The van der Waals surface area contributed by atoms with Crippen molar-refractivity contribution in [3.05, 3.63) is 0 Å². The lowest BCUT2D eigenvalue weighted by molar-refractivity contribution is -0.151. The summed E-state index contributed by atoms with van der Waals surface area (Å²) in [4.78, 5) is 36.2. The van der Waals surface area contributed by atoms with E-state index in [9.17, 15) is 14.4 Å². The molecule has 0 aromatic rings. The van der Waals surface area contributed by atoms with E-state index in [1.807, 2.05) is 41.5 Å². The molecule has 0 radical (unpaired) electrons. The molecular formula is C19H36N2O4. The van der Waals surface area contributed by atoms with Crippen LogP contribution in [-0.4, -0.2) is 47.8 Å². The maximum absolute atomic E-state index is 12.3. The first-order chi connectivity index (χ1) is 11.5. The fraction of sp³-hybridized carbons (Fsp3) is 0.842. The van der Waals surface area contributed by atoms with Gasteiger partial charge < -0.3 is 15.4 Å². The smallest absolute Gasteiger partial charge is 0.306 e. The minimum absolute atomic E-state index is 0.0664. The second-order valence-corrected chi connectivity index (χ2v) is 7.57. The molecule has 0 saturated heterocycles. The van der Waals surface area contributed by atoms with Gasteiger partial charge in [-0.1, -0.05) is 41.5 Å². The van der Waals surface area contributed by atoms with Crippen molar-refractivity contribution in [2.24, 2.45) is 5.92 Å². The molecule has 0 fully saturated rings. The van der Waals surface area contributed by atoms with Crippen molar-refractivity contribution < 1.29 is 19.1 Å². The van der Waals surface area contributed by atoms with Crippen LogP contribution in [0.3, 0.4) is 0 Å². The molecule has 0 aromatic heterocycles. The summed E-state index contributed by atoms with van der Waals surface area (Å²) in [6.07, 6.45) is -0.0209. The maximum atomic E-state index is 12.3. The zero-order chi connectivity index (χ0) is 19.7. The molecule has 2 N–H and O–H groups in total. The van der Waals surface area contributed by atoms with Crippen LogP contribution in [0.4, 0.5) is 0 Å². The van der Waals surface area contributed by atoms with Gasteiger partial charge in [-0.05, 0) is 20.3 Å². The number of nitrogens with one attached hydrogen (secondary N) is 2. The molecule has 6 nitrogen and oxygen atoms in total. The van der Waals surface area contributed by atoms with Crippen molar-refractivity contribution in [1.82, 2.24) is 10.6 Å². The average Bonchev–Trinajstić information content (AvgIpc) is 2.47. The quantitative estimate of drug-likeness (QED) is 0.522. The van der Waals surface area contributed by atoms with Crippen molar-refractivity contribution in [3.63, 3.8) is 0 Å². The van der Waals surface area contributed by atoms with Crippen molar-refractivity contribution in [3.8, 4) is 0 Å². The van der Waals surface area contributed by atoms with Gasteiger partial charge in [0, 0.05) is 24.4 Å². The number of esters is 1. The molecule has 0 bridgehead atoms. The normalized spacial score (nSPS) is 15.3. The maximum Gasteiger partial charge on any atom is 0.306 e. The standard InChI is InChI=1S/C19H36N2O4/c1-11(2)19(24)16(20-12(3)4)9-10-17(23)25-15(8)18(14(7)22)21-13(5)6/h11-13,15-16,18,20-21H,9-10H2,1-8H3/t15?,16?,18-/m1/s1. The van der Waals surface area contributed by atoms with E-state index in [0.717, 1.165) is 0 Å². The summed E-state index contributed by atoms with van der Waals surface area (Å²) in [6.45, 7) is 14.7. The van der Waals surface area contributed by atoms with Gasteiger partial charge in [0.25, 0.3) is 0 Å². The summed E-state index contributed by atoms with van der Waals surface area (Å²) in [5.74, 6) is -0.457. The highest BCUT2D eigenvalue weighted by molar-refractivity contribution is 5.86. The number of hydrogen-bond acceptors (Lipinski definition) is 6. The molecule has 2 unspecified atom stereocenters. The van der Waals surface area contributed by atoms with Crippen LogP contribution >= 0.6 is 0 Å². The van der Waals surface area contributed by atoms with Gasteiger partial charge >= 0.3 is 5.97 Å². The van der Waals surface area contributed by atoms with Crippen LogP contribution in [-0.2, 0) is 19.1 Å². The predicted molar refractivity (Wildman–Crippen MR) is 99.4 cm³/mol. The van der Waals surface area contributed by atoms with Crippen molar-refractivity contribution in [2.75, 3.05) is 0 Å². The molecule has 0 aliphatic rings. The van der Waals surface area contributed by atoms with Crippen LogP contribution in [0.15, 0.2) is 0 Å². The van der Waals surface area contributed by atoms with E-state index < -0.39 is 18.1 Å². The monoisotopic (exact) mass is 356 g/mol. The molecular weight excluding hydrogens is 320 g/mol. The molecule has 0 rings (SSSR count). The molecule has 0 aromatic carbocycles. The lowest BCUT2D eigenvalue weighted by Crippen LogP contribution is -2.48. The van der Waals surface area contributed by atoms with Gasteiger partial charge in [-0.25, -0.2) is 0 Å². The molecule has 0 amide bonds. The summed E-state index contributed by atoms with van der Waals surface area (Å²) < 4.78 is 5.41. The first-order valence-corrected chi connectivity index (χ1v) is 9.21. The van der Waals surface area contributed by atoms with E-state index in [2.05, 4.69) is 10.6 Å². The number of Topliss-reactive ketones (excluding diaryl/α,β-unsaturated/α-hetero) is 2. The second-order valence-electron chi connectivity index (χ2n) is 7.57. The van der Waals surface area contributed by atoms with Crippen molar-refractivity contribution >= 4 is 17.5 Å². The first kappa shape index (κ1) is 23.7. The fourth-order valence-electron chi connectivity index (χ4n) is 2.65. The van der Waals surface area contributed by atoms with Gasteiger partial charge in [0.05, 0.1) is 6.04 Å². The van der Waals surface area contributed by atoms with Gasteiger partial charge in [0.1, 0.15) is 17.9 Å². The van der Waals surface area contributed by atoms with Crippen LogP contribution in [0.2, 0.25) is 0 Å². The molecule has 0 spiro atoms. The van der Waals surface area contributed by atoms with Gasteiger partial charge in [-0.15, -0.1) is 0 Å². The number of hydrogen-bond donors (Lipinski definition) is 2. The first-order valence-electron chi connectivity index (χ1n) is 9.21. The number of carbonyl (C=O) groups is 3. The van der Waals surface area contributed by atoms with E-state index in [1.165, 1.54) is 6.92 Å². The van der Waals surface area contributed by atoms with Gasteiger partial charge in [-0.2, -0.15) is 0 Å². The summed E-state index contributed by atoms with van der Waals surface area (Å²) in [5, 5.41) is 6.33. The lowest BCUT2D eigenvalue weighted by Gasteiger charge is -2.25. The topological polar surface area (TPSA) is 84.5 Å². The summed E-state index contributed by atoms with van der Waals surface area (Å²) in [5.41, 5.74) is 0. The molecule has 0 saturated carbocycles. The zero-order valence-electron chi connectivity index (χ0n) is 17.0.